The largest absolute Gasteiger partial charge is 0.310 e. The predicted octanol–water partition coefficient (Wildman–Crippen LogP) is 5.63. The van der Waals surface area contributed by atoms with E-state index in [0.717, 1.165) is 33.9 Å². The molecule has 2 rings (SSSR count). The highest BCUT2D eigenvalue weighted by Crippen LogP contribution is 2.26. The van der Waals surface area contributed by atoms with Gasteiger partial charge in [0.15, 0.2) is 0 Å². The normalized spacial score (nSPS) is 12.4. The molecule has 2 aromatic rings. The van der Waals surface area contributed by atoms with Crippen LogP contribution in [0.25, 0.3) is 0 Å². The highest BCUT2D eigenvalue weighted by molar-refractivity contribution is 9.10. The van der Waals surface area contributed by atoms with Gasteiger partial charge in [-0.1, -0.05) is 57.0 Å². The van der Waals surface area contributed by atoms with Gasteiger partial charge in [-0.3, -0.25) is 0 Å². The third kappa shape index (κ3) is 4.90. The molecule has 2 aromatic carbocycles. The number of benzene rings is 2. The van der Waals surface area contributed by atoms with E-state index in [9.17, 15) is 4.39 Å². The Bertz CT molecular complexity index is 581. The van der Waals surface area contributed by atoms with Gasteiger partial charge in [0.25, 0.3) is 0 Å². The smallest absolute Gasteiger partial charge is 0.124 e. The molecule has 1 unspecified atom stereocenters. The molecule has 1 nitrogen and oxygen atoms in total. The number of nitrogens with one attached hydrogen (secondary N) is 1. The molecule has 1 N–H and O–H groups in total. The highest BCUT2D eigenvalue weighted by Gasteiger charge is 2.14. The van der Waals surface area contributed by atoms with Crippen LogP contribution in [0.4, 0.5) is 4.39 Å². The van der Waals surface area contributed by atoms with Crippen molar-refractivity contribution in [2.45, 2.75) is 25.8 Å². The fourth-order valence-electron chi connectivity index (χ4n) is 2.29. The van der Waals surface area contributed by atoms with Crippen LogP contribution in [0.5, 0.6) is 0 Å². The van der Waals surface area contributed by atoms with Crippen molar-refractivity contribution < 1.29 is 4.39 Å². The molecule has 1 atom stereocenters. The van der Waals surface area contributed by atoms with Crippen molar-refractivity contribution in [3.8, 4) is 0 Å². The van der Waals surface area contributed by atoms with E-state index in [0.29, 0.717) is 0 Å². The van der Waals surface area contributed by atoms with E-state index >= 15 is 0 Å². The fourth-order valence-corrected chi connectivity index (χ4v) is 3.22. The first kappa shape index (κ1) is 16.7. The summed E-state index contributed by atoms with van der Waals surface area (Å²) in [5.74, 6) is -0.213. The van der Waals surface area contributed by atoms with Crippen molar-refractivity contribution in [3.63, 3.8) is 0 Å². The molecule has 0 fully saturated rings. The fraction of sp³-hybridized carbons (Fsp3) is 0.294. The molecule has 0 radical (unpaired) electrons. The first-order valence-electron chi connectivity index (χ1n) is 7.03. The number of hydrogen-bond acceptors (Lipinski definition) is 1. The third-order valence-electron chi connectivity index (χ3n) is 3.31. The average Bonchev–Trinajstić information content (AvgIpc) is 2.44. The van der Waals surface area contributed by atoms with Crippen molar-refractivity contribution in [2.75, 3.05) is 6.54 Å². The molecule has 0 amide bonds. The second-order valence-electron chi connectivity index (χ2n) is 5.01. The van der Waals surface area contributed by atoms with Crippen molar-refractivity contribution in [1.82, 2.24) is 5.32 Å². The molecule has 0 aliphatic carbocycles. The van der Waals surface area contributed by atoms with Crippen LogP contribution >= 0.6 is 31.9 Å². The maximum Gasteiger partial charge on any atom is 0.124 e. The maximum atomic E-state index is 13.7. The second-order valence-corrected chi connectivity index (χ2v) is 6.78. The molecule has 112 valence electrons. The lowest BCUT2D eigenvalue weighted by molar-refractivity contribution is 0.523. The zero-order valence-electron chi connectivity index (χ0n) is 11.9. The molecule has 0 saturated carbocycles. The van der Waals surface area contributed by atoms with Crippen molar-refractivity contribution in [2.24, 2.45) is 0 Å². The molecule has 0 aliphatic heterocycles. The van der Waals surface area contributed by atoms with Gasteiger partial charge in [-0.15, -0.1) is 0 Å². The molecule has 0 saturated heterocycles. The lowest BCUT2D eigenvalue weighted by Crippen LogP contribution is -2.24. The first-order valence-corrected chi connectivity index (χ1v) is 8.61. The minimum atomic E-state index is -0.213. The van der Waals surface area contributed by atoms with Gasteiger partial charge in [0.05, 0.1) is 0 Å². The quantitative estimate of drug-likeness (QED) is 0.645. The van der Waals surface area contributed by atoms with Crippen LogP contribution in [0.1, 0.15) is 30.5 Å². The van der Waals surface area contributed by atoms with E-state index in [1.165, 1.54) is 11.6 Å². The number of halogens is 3. The summed E-state index contributed by atoms with van der Waals surface area (Å²) in [6.07, 6.45) is 1.86. The Labute approximate surface area is 142 Å². The van der Waals surface area contributed by atoms with Gasteiger partial charge in [0, 0.05) is 15.0 Å². The number of rotatable bonds is 6. The Hall–Kier alpha value is -0.710. The van der Waals surface area contributed by atoms with Crippen LogP contribution in [0.3, 0.4) is 0 Å². The molecule has 0 spiro atoms. The summed E-state index contributed by atoms with van der Waals surface area (Å²) < 4.78 is 15.5. The van der Waals surface area contributed by atoms with E-state index in [2.05, 4.69) is 50.2 Å². The lowest BCUT2D eigenvalue weighted by atomic mass is 9.98. The first-order chi connectivity index (χ1) is 10.1. The zero-order valence-corrected chi connectivity index (χ0v) is 15.0. The molecular weight excluding hydrogens is 397 g/mol. The monoisotopic (exact) mass is 413 g/mol. The molecule has 21 heavy (non-hydrogen) atoms. The van der Waals surface area contributed by atoms with Crippen LogP contribution in [0.15, 0.2) is 51.4 Å². The average molecular weight is 415 g/mol. The lowest BCUT2D eigenvalue weighted by Gasteiger charge is -2.20. The second kappa shape index (κ2) is 8.06. The zero-order chi connectivity index (χ0) is 15.2. The van der Waals surface area contributed by atoms with Gasteiger partial charge in [-0.2, -0.15) is 0 Å². The van der Waals surface area contributed by atoms with Gasteiger partial charge in [0.1, 0.15) is 5.82 Å². The summed E-state index contributed by atoms with van der Waals surface area (Å²) >= 11 is 6.96. The summed E-state index contributed by atoms with van der Waals surface area (Å²) in [7, 11) is 0. The van der Waals surface area contributed by atoms with Gasteiger partial charge in [0.2, 0.25) is 0 Å². The van der Waals surface area contributed by atoms with Crippen LogP contribution in [0, 0.1) is 5.82 Å². The molecule has 0 aliphatic rings. The van der Waals surface area contributed by atoms with E-state index in [1.807, 2.05) is 24.3 Å². The molecular formula is C17H18Br2FN. The number of hydrogen-bond donors (Lipinski definition) is 1. The van der Waals surface area contributed by atoms with Gasteiger partial charge < -0.3 is 5.32 Å². The topological polar surface area (TPSA) is 12.0 Å². The Kier molecular flexibility index (Phi) is 6.40. The third-order valence-corrected chi connectivity index (χ3v) is 4.54. The summed E-state index contributed by atoms with van der Waals surface area (Å²) in [5.41, 5.74) is 2.18. The Morgan fingerprint density at radius 2 is 1.90 bits per heavy atom. The Morgan fingerprint density at radius 3 is 2.57 bits per heavy atom. The van der Waals surface area contributed by atoms with Crippen LogP contribution < -0.4 is 5.32 Å². The minimum absolute atomic E-state index is 0.0932. The van der Waals surface area contributed by atoms with Gasteiger partial charge in [-0.25, -0.2) is 4.39 Å². The van der Waals surface area contributed by atoms with Crippen molar-refractivity contribution >= 4 is 31.9 Å². The van der Waals surface area contributed by atoms with Crippen molar-refractivity contribution in [3.05, 3.63) is 68.4 Å². The van der Waals surface area contributed by atoms with Crippen LogP contribution in [0.2, 0.25) is 0 Å². The summed E-state index contributed by atoms with van der Waals surface area (Å²) in [6.45, 7) is 3.03. The predicted molar refractivity (Wildman–Crippen MR) is 93.0 cm³/mol. The minimum Gasteiger partial charge on any atom is -0.310 e. The maximum absolute atomic E-state index is 13.7. The van der Waals surface area contributed by atoms with Crippen molar-refractivity contribution in [1.29, 1.82) is 0 Å². The Balaban J connectivity index is 2.27. The molecule has 0 aromatic heterocycles. The van der Waals surface area contributed by atoms with Gasteiger partial charge in [-0.05, 0) is 54.8 Å². The Morgan fingerprint density at radius 1 is 1.14 bits per heavy atom. The molecule has 0 heterocycles. The van der Waals surface area contributed by atoms with E-state index in [1.54, 1.807) is 6.07 Å². The van der Waals surface area contributed by atoms with Gasteiger partial charge >= 0.3 is 0 Å². The van der Waals surface area contributed by atoms with E-state index < -0.39 is 0 Å². The SMILES string of the molecule is CCCNC(Cc1ccccc1Br)c1cc(F)cc(Br)c1. The van der Waals surface area contributed by atoms with E-state index in [4.69, 9.17) is 0 Å². The highest BCUT2D eigenvalue weighted by atomic mass is 79.9. The van der Waals surface area contributed by atoms with Crippen LogP contribution in [-0.2, 0) is 6.42 Å². The summed E-state index contributed by atoms with van der Waals surface area (Å²) in [6, 6.07) is 13.3. The molecule has 4 heteroatoms. The standard InChI is InChI=1S/C17H18Br2FN/c1-2-7-21-17(10-12-5-3-4-6-16(12)19)13-8-14(18)11-15(20)9-13/h3-6,8-9,11,17,21H,2,7,10H2,1H3. The molecule has 0 bridgehead atoms. The van der Waals surface area contributed by atoms with Crippen LogP contribution in [-0.4, -0.2) is 6.54 Å². The summed E-state index contributed by atoms with van der Waals surface area (Å²) in [4.78, 5) is 0. The summed E-state index contributed by atoms with van der Waals surface area (Å²) in [5, 5.41) is 3.51. The van der Waals surface area contributed by atoms with E-state index in [-0.39, 0.29) is 11.9 Å².